The zero-order valence-corrected chi connectivity index (χ0v) is 11.5. The molecular weight excluding hydrogens is 264 g/mol. The van der Waals surface area contributed by atoms with E-state index in [0.717, 1.165) is 5.69 Å². The summed E-state index contributed by atoms with van der Waals surface area (Å²) in [5, 5.41) is 7.40. The SMILES string of the molecule is CCn1nc(C)cc1C(=O)Nc1ccc(N)cc1Cl. The summed E-state index contributed by atoms with van der Waals surface area (Å²) in [6.07, 6.45) is 0. The van der Waals surface area contributed by atoms with Crippen LogP contribution in [-0.2, 0) is 6.54 Å². The van der Waals surface area contributed by atoms with Crippen molar-refractivity contribution >= 4 is 28.9 Å². The summed E-state index contributed by atoms with van der Waals surface area (Å²) in [5.41, 5.74) is 8.00. The third kappa shape index (κ3) is 2.88. The summed E-state index contributed by atoms with van der Waals surface area (Å²) in [7, 11) is 0. The normalized spacial score (nSPS) is 10.5. The second-order valence-electron chi connectivity index (χ2n) is 4.18. The van der Waals surface area contributed by atoms with Gasteiger partial charge in [-0.2, -0.15) is 5.10 Å². The van der Waals surface area contributed by atoms with Gasteiger partial charge < -0.3 is 11.1 Å². The summed E-state index contributed by atoms with van der Waals surface area (Å²) in [6, 6.07) is 6.70. The van der Waals surface area contributed by atoms with E-state index in [1.807, 2.05) is 13.8 Å². The van der Waals surface area contributed by atoms with Gasteiger partial charge in [-0.1, -0.05) is 11.6 Å². The van der Waals surface area contributed by atoms with Crippen LogP contribution in [0.15, 0.2) is 24.3 Å². The lowest BCUT2D eigenvalue weighted by atomic mass is 10.2. The van der Waals surface area contributed by atoms with Crippen molar-refractivity contribution in [3.8, 4) is 0 Å². The summed E-state index contributed by atoms with van der Waals surface area (Å²) < 4.78 is 1.65. The number of nitrogen functional groups attached to an aromatic ring is 1. The summed E-state index contributed by atoms with van der Waals surface area (Å²) >= 11 is 6.02. The first-order valence-corrected chi connectivity index (χ1v) is 6.30. The minimum absolute atomic E-state index is 0.242. The monoisotopic (exact) mass is 278 g/mol. The molecule has 2 aromatic rings. The van der Waals surface area contributed by atoms with Crippen LogP contribution < -0.4 is 11.1 Å². The molecule has 0 fully saturated rings. The molecule has 1 heterocycles. The Morgan fingerprint density at radius 1 is 1.47 bits per heavy atom. The van der Waals surface area contributed by atoms with Crippen molar-refractivity contribution in [2.75, 3.05) is 11.1 Å². The minimum atomic E-state index is -0.242. The highest BCUT2D eigenvalue weighted by molar-refractivity contribution is 6.34. The average molecular weight is 279 g/mol. The van der Waals surface area contributed by atoms with Crippen LogP contribution in [0.3, 0.4) is 0 Å². The molecule has 0 atom stereocenters. The van der Waals surface area contributed by atoms with E-state index in [1.54, 1.807) is 28.9 Å². The Labute approximate surface area is 116 Å². The fraction of sp³-hybridized carbons (Fsp3) is 0.231. The van der Waals surface area contributed by atoms with Gasteiger partial charge >= 0.3 is 0 Å². The number of aryl methyl sites for hydroxylation is 2. The van der Waals surface area contributed by atoms with Crippen LogP contribution in [0.4, 0.5) is 11.4 Å². The van der Waals surface area contributed by atoms with E-state index < -0.39 is 0 Å². The topological polar surface area (TPSA) is 72.9 Å². The van der Waals surface area contributed by atoms with Crippen LogP contribution in [-0.4, -0.2) is 15.7 Å². The molecule has 0 aliphatic heterocycles. The predicted molar refractivity (Wildman–Crippen MR) is 76.5 cm³/mol. The zero-order chi connectivity index (χ0) is 14.0. The molecule has 0 saturated carbocycles. The Morgan fingerprint density at radius 3 is 2.84 bits per heavy atom. The van der Waals surface area contributed by atoms with Crippen LogP contribution in [0.25, 0.3) is 0 Å². The number of carbonyl (C=O) groups excluding carboxylic acids is 1. The lowest BCUT2D eigenvalue weighted by molar-refractivity contribution is 0.101. The van der Waals surface area contributed by atoms with Gasteiger partial charge in [0, 0.05) is 12.2 Å². The Balaban J connectivity index is 2.25. The molecule has 0 aliphatic carbocycles. The zero-order valence-electron chi connectivity index (χ0n) is 10.8. The Hall–Kier alpha value is -2.01. The molecule has 3 N–H and O–H groups in total. The van der Waals surface area contributed by atoms with E-state index >= 15 is 0 Å². The van der Waals surface area contributed by atoms with E-state index in [9.17, 15) is 4.79 Å². The number of nitrogens with one attached hydrogen (secondary N) is 1. The third-order valence-corrected chi connectivity index (χ3v) is 2.99. The molecular formula is C13H15ClN4O. The fourth-order valence-electron chi connectivity index (χ4n) is 1.79. The molecule has 100 valence electrons. The van der Waals surface area contributed by atoms with Crippen molar-refractivity contribution in [2.24, 2.45) is 0 Å². The number of halogens is 1. The summed E-state index contributed by atoms with van der Waals surface area (Å²) in [5.74, 6) is -0.242. The Bertz CT molecular complexity index is 621. The minimum Gasteiger partial charge on any atom is -0.399 e. The highest BCUT2D eigenvalue weighted by atomic mass is 35.5. The highest BCUT2D eigenvalue weighted by Gasteiger charge is 2.14. The second-order valence-corrected chi connectivity index (χ2v) is 4.59. The van der Waals surface area contributed by atoms with Crippen molar-refractivity contribution in [1.29, 1.82) is 0 Å². The first-order chi connectivity index (χ1) is 9.01. The van der Waals surface area contributed by atoms with E-state index in [4.69, 9.17) is 17.3 Å². The number of anilines is 2. The Morgan fingerprint density at radius 2 is 2.21 bits per heavy atom. The van der Waals surface area contributed by atoms with Gasteiger partial charge in [0.05, 0.1) is 16.4 Å². The number of benzene rings is 1. The van der Waals surface area contributed by atoms with Crippen LogP contribution in [0, 0.1) is 6.92 Å². The van der Waals surface area contributed by atoms with Crippen LogP contribution in [0.5, 0.6) is 0 Å². The number of nitrogens with two attached hydrogens (primary N) is 1. The van der Waals surface area contributed by atoms with Crippen LogP contribution in [0.1, 0.15) is 23.1 Å². The molecule has 0 unspecified atom stereocenters. The van der Waals surface area contributed by atoms with E-state index in [2.05, 4.69) is 10.4 Å². The lowest BCUT2D eigenvalue weighted by Crippen LogP contribution is -2.17. The van der Waals surface area contributed by atoms with Gasteiger partial charge in [0.25, 0.3) is 5.91 Å². The highest BCUT2D eigenvalue weighted by Crippen LogP contribution is 2.24. The standard InChI is InChI=1S/C13H15ClN4O/c1-3-18-12(6-8(2)17-18)13(19)16-11-5-4-9(15)7-10(11)14/h4-7H,3,15H2,1-2H3,(H,16,19). The number of nitrogens with zero attached hydrogens (tertiary/aromatic N) is 2. The molecule has 5 nitrogen and oxygen atoms in total. The van der Waals surface area contributed by atoms with Crippen LogP contribution >= 0.6 is 11.6 Å². The molecule has 19 heavy (non-hydrogen) atoms. The molecule has 2 rings (SSSR count). The largest absolute Gasteiger partial charge is 0.399 e. The van der Waals surface area contributed by atoms with Gasteiger partial charge in [-0.3, -0.25) is 9.48 Å². The number of amides is 1. The number of hydrogen-bond donors (Lipinski definition) is 2. The molecule has 0 aliphatic rings. The van der Waals surface area contributed by atoms with Crippen molar-refractivity contribution in [2.45, 2.75) is 20.4 Å². The number of rotatable bonds is 3. The molecule has 0 bridgehead atoms. The quantitative estimate of drug-likeness (QED) is 0.848. The van der Waals surface area contributed by atoms with Crippen molar-refractivity contribution < 1.29 is 4.79 Å². The van der Waals surface area contributed by atoms with Gasteiger partial charge in [-0.15, -0.1) is 0 Å². The number of hydrogen-bond acceptors (Lipinski definition) is 3. The third-order valence-electron chi connectivity index (χ3n) is 2.68. The van der Waals surface area contributed by atoms with Crippen molar-refractivity contribution in [1.82, 2.24) is 9.78 Å². The lowest BCUT2D eigenvalue weighted by Gasteiger charge is -2.08. The maximum Gasteiger partial charge on any atom is 0.273 e. The maximum atomic E-state index is 12.2. The van der Waals surface area contributed by atoms with E-state index in [1.165, 1.54) is 0 Å². The van der Waals surface area contributed by atoms with Gasteiger partial charge in [0.15, 0.2) is 0 Å². The maximum absolute atomic E-state index is 12.2. The smallest absolute Gasteiger partial charge is 0.273 e. The predicted octanol–water partition coefficient (Wildman–Crippen LogP) is 2.70. The molecule has 6 heteroatoms. The molecule has 0 saturated heterocycles. The van der Waals surface area contributed by atoms with Gasteiger partial charge in [-0.25, -0.2) is 0 Å². The molecule has 1 aromatic carbocycles. The molecule has 0 radical (unpaired) electrons. The molecule has 1 aromatic heterocycles. The second kappa shape index (κ2) is 5.32. The first-order valence-electron chi connectivity index (χ1n) is 5.92. The Kier molecular flexibility index (Phi) is 3.76. The molecule has 0 spiro atoms. The summed E-state index contributed by atoms with van der Waals surface area (Å²) in [6.45, 7) is 4.41. The van der Waals surface area contributed by atoms with Crippen molar-refractivity contribution in [3.05, 3.63) is 40.7 Å². The van der Waals surface area contributed by atoms with Gasteiger partial charge in [0.1, 0.15) is 5.69 Å². The molecule has 1 amide bonds. The van der Waals surface area contributed by atoms with Gasteiger partial charge in [-0.05, 0) is 38.1 Å². The van der Waals surface area contributed by atoms with E-state index in [-0.39, 0.29) is 5.91 Å². The number of carbonyl (C=O) groups is 1. The van der Waals surface area contributed by atoms with Crippen LogP contribution in [0.2, 0.25) is 5.02 Å². The number of aromatic nitrogens is 2. The summed E-state index contributed by atoms with van der Waals surface area (Å²) in [4.78, 5) is 12.2. The van der Waals surface area contributed by atoms with E-state index in [0.29, 0.717) is 28.6 Å². The first kappa shape index (κ1) is 13.4. The van der Waals surface area contributed by atoms with Gasteiger partial charge in [0.2, 0.25) is 0 Å². The average Bonchev–Trinajstić information content (AvgIpc) is 2.74. The van der Waals surface area contributed by atoms with Crippen molar-refractivity contribution in [3.63, 3.8) is 0 Å². The fourth-order valence-corrected chi connectivity index (χ4v) is 2.02.